The Morgan fingerprint density at radius 1 is 1.04 bits per heavy atom. The molecule has 4 N–H and O–H groups in total. The molecule has 0 saturated heterocycles. The van der Waals surface area contributed by atoms with Gasteiger partial charge in [-0.25, -0.2) is 0 Å². The molecule has 0 aliphatic heterocycles. The lowest BCUT2D eigenvalue weighted by atomic mass is 9.42. The number of hydrogen-bond donors (Lipinski definition) is 3. The van der Waals surface area contributed by atoms with E-state index in [2.05, 4.69) is 6.92 Å². The summed E-state index contributed by atoms with van der Waals surface area (Å²) in [6.07, 6.45) is 10.6. The van der Waals surface area contributed by atoms with Crippen molar-refractivity contribution in [1.82, 2.24) is 0 Å². The van der Waals surface area contributed by atoms with Crippen LogP contribution in [0.25, 0.3) is 0 Å². The molecule has 4 heteroatoms. The standard InChI is InChI=1S/C23H39NO3/c1-21(27)9-10-23(11-12-25)15(13-21)3-4-16-17-5-6-19(20(26)14-24)22(17,2)8-7-18(16)23/h15-19,25,27H,3-14,24H2,1-2H3/t15-,16-,17-,18-,19+,21+,22-,23+/m0/s1. The first-order valence-corrected chi connectivity index (χ1v) is 11.3. The van der Waals surface area contributed by atoms with Gasteiger partial charge in [0, 0.05) is 12.5 Å². The van der Waals surface area contributed by atoms with E-state index in [-0.39, 0.29) is 35.7 Å². The topological polar surface area (TPSA) is 83.5 Å². The number of carbonyl (C=O) groups is 1. The highest BCUT2D eigenvalue weighted by Gasteiger charge is 2.62. The van der Waals surface area contributed by atoms with E-state index >= 15 is 0 Å². The van der Waals surface area contributed by atoms with Gasteiger partial charge in [-0.05, 0) is 106 Å². The van der Waals surface area contributed by atoms with E-state index in [0.717, 1.165) is 38.5 Å². The van der Waals surface area contributed by atoms with Gasteiger partial charge >= 0.3 is 0 Å². The maximum Gasteiger partial charge on any atom is 0.150 e. The van der Waals surface area contributed by atoms with E-state index < -0.39 is 5.60 Å². The zero-order valence-electron chi connectivity index (χ0n) is 17.3. The molecule has 0 bridgehead atoms. The summed E-state index contributed by atoms with van der Waals surface area (Å²) in [5.41, 5.74) is 5.54. The number of aliphatic hydroxyl groups excluding tert-OH is 1. The van der Waals surface area contributed by atoms with Crippen LogP contribution in [0.15, 0.2) is 0 Å². The minimum Gasteiger partial charge on any atom is -0.396 e. The molecule has 0 aromatic carbocycles. The van der Waals surface area contributed by atoms with Crippen molar-refractivity contribution in [2.45, 2.75) is 83.7 Å². The molecule has 0 radical (unpaired) electrons. The number of rotatable bonds is 4. The van der Waals surface area contributed by atoms with Gasteiger partial charge in [-0.1, -0.05) is 6.92 Å². The predicted octanol–water partition coefficient (Wildman–Crippen LogP) is 3.29. The van der Waals surface area contributed by atoms with Crippen molar-refractivity contribution in [2.24, 2.45) is 46.2 Å². The van der Waals surface area contributed by atoms with Gasteiger partial charge in [0.1, 0.15) is 5.78 Å². The third-order valence-corrected chi connectivity index (χ3v) is 9.82. The third kappa shape index (κ3) is 2.93. The highest BCUT2D eigenvalue weighted by Crippen LogP contribution is 2.68. The second kappa shape index (κ2) is 6.81. The molecule has 8 atom stereocenters. The first-order chi connectivity index (χ1) is 12.8. The van der Waals surface area contributed by atoms with Gasteiger partial charge in [-0.15, -0.1) is 0 Å². The van der Waals surface area contributed by atoms with Crippen LogP contribution < -0.4 is 5.73 Å². The van der Waals surface area contributed by atoms with Crippen molar-refractivity contribution >= 4 is 5.78 Å². The van der Waals surface area contributed by atoms with Crippen LogP contribution in [0, 0.1) is 40.4 Å². The highest BCUT2D eigenvalue weighted by molar-refractivity contribution is 5.84. The van der Waals surface area contributed by atoms with Crippen LogP contribution in [0.2, 0.25) is 0 Å². The quantitative estimate of drug-likeness (QED) is 0.702. The predicted molar refractivity (Wildman–Crippen MR) is 106 cm³/mol. The SMILES string of the molecule is C[C@@]1(O)CC[C@@]2(CCO)[C@@H](CC[C@H]3[C@@H]4CC[C@H](C(=O)CN)[C@@]4(C)CC[C@@H]32)C1. The minimum absolute atomic E-state index is 0.130. The second-order valence-electron chi connectivity index (χ2n) is 10.9. The summed E-state index contributed by atoms with van der Waals surface area (Å²) in [6.45, 7) is 4.82. The van der Waals surface area contributed by atoms with Crippen LogP contribution in [-0.2, 0) is 4.79 Å². The van der Waals surface area contributed by atoms with Crippen LogP contribution in [0.4, 0.5) is 0 Å². The third-order valence-electron chi connectivity index (χ3n) is 9.82. The van der Waals surface area contributed by atoms with Gasteiger partial charge in [0.25, 0.3) is 0 Å². The van der Waals surface area contributed by atoms with E-state index in [4.69, 9.17) is 5.73 Å². The minimum atomic E-state index is -0.536. The number of fused-ring (bicyclic) bond motifs is 5. The highest BCUT2D eigenvalue weighted by atomic mass is 16.3. The Hall–Kier alpha value is -0.450. The summed E-state index contributed by atoms with van der Waals surface area (Å²) in [6, 6.07) is 0. The van der Waals surface area contributed by atoms with Crippen LogP contribution >= 0.6 is 0 Å². The summed E-state index contributed by atoms with van der Waals surface area (Å²) < 4.78 is 0. The molecule has 0 aromatic rings. The fourth-order valence-corrected chi connectivity index (χ4v) is 8.61. The lowest BCUT2D eigenvalue weighted by molar-refractivity contribution is -0.162. The Morgan fingerprint density at radius 2 is 1.81 bits per heavy atom. The van der Waals surface area contributed by atoms with Gasteiger partial charge in [-0.2, -0.15) is 0 Å². The van der Waals surface area contributed by atoms with E-state index in [1.807, 2.05) is 6.92 Å². The number of Topliss-reactive ketones (excluding diaryl/α,β-unsaturated/α-hetero) is 1. The summed E-state index contributed by atoms with van der Waals surface area (Å²) >= 11 is 0. The van der Waals surface area contributed by atoms with Crippen molar-refractivity contribution < 1.29 is 15.0 Å². The molecule has 154 valence electrons. The van der Waals surface area contributed by atoms with Crippen LogP contribution in [-0.4, -0.2) is 34.7 Å². The summed E-state index contributed by atoms with van der Waals surface area (Å²) in [4.78, 5) is 12.5. The first-order valence-electron chi connectivity index (χ1n) is 11.3. The molecule has 4 saturated carbocycles. The van der Waals surface area contributed by atoms with Crippen LogP contribution in [0.5, 0.6) is 0 Å². The Kier molecular flexibility index (Phi) is 5.01. The molecule has 0 spiro atoms. The molecule has 0 amide bonds. The van der Waals surface area contributed by atoms with Gasteiger partial charge in [-0.3, -0.25) is 4.79 Å². The largest absolute Gasteiger partial charge is 0.396 e. The van der Waals surface area contributed by atoms with E-state index in [1.165, 1.54) is 25.7 Å². The van der Waals surface area contributed by atoms with Gasteiger partial charge in [0.15, 0.2) is 0 Å². The molecule has 4 fully saturated rings. The van der Waals surface area contributed by atoms with Crippen molar-refractivity contribution in [3.8, 4) is 0 Å². The Morgan fingerprint density at radius 3 is 2.52 bits per heavy atom. The molecule has 0 heterocycles. The molecule has 4 aliphatic rings. The number of ketones is 1. The molecule has 4 nitrogen and oxygen atoms in total. The lowest BCUT2D eigenvalue weighted by Gasteiger charge is -2.63. The summed E-state index contributed by atoms with van der Waals surface area (Å²) in [5, 5.41) is 20.6. The fraction of sp³-hybridized carbons (Fsp3) is 0.957. The van der Waals surface area contributed by atoms with Crippen molar-refractivity contribution in [3.63, 3.8) is 0 Å². The second-order valence-corrected chi connectivity index (χ2v) is 10.9. The van der Waals surface area contributed by atoms with Crippen molar-refractivity contribution in [2.75, 3.05) is 13.2 Å². The van der Waals surface area contributed by atoms with Gasteiger partial charge in [0.2, 0.25) is 0 Å². The molecule has 4 aliphatic carbocycles. The average Bonchev–Trinajstić information content (AvgIpc) is 2.98. The lowest BCUT2D eigenvalue weighted by Crippen LogP contribution is -2.57. The van der Waals surface area contributed by atoms with Gasteiger partial charge < -0.3 is 15.9 Å². The fourth-order valence-electron chi connectivity index (χ4n) is 8.61. The van der Waals surface area contributed by atoms with Crippen molar-refractivity contribution in [1.29, 1.82) is 0 Å². The monoisotopic (exact) mass is 377 g/mol. The molecular weight excluding hydrogens is 338 g/mol. The Balaban J connectivity index is 1.63. The zero-order chi connectivity index (χ0) is 19.4. The van der Waals surface area contributed by atoms with E-state index in [9.17, 15) is 15.0 Å². The van der Waals surface area contributed by atoms with E-state index in [1.54, 1.807) is 0 Å². The van der Waals surface area contributed by atoms with E-state index in [0.29, 0.717) is 23.7 Å². The summed E-state index contributed by atoms with van der Waals surface area (Å²) in [5.74, 6) is 2.95. The molecule has 0 unspecified atom stereocenters. The molecular formula is C23H39NO3. The number of nitrogens with two attached hydrogens (primary N) is 1. The van der Waals surface area contributed by atoms with Crippen LogP contribution in [0.1, 0.15) is 78.1 Å². The number of carbonyl (C=O) groups excluding carboxylic acids is 1. The summed E-state index contributed by atoms with van der Waals surface area (Å²) in [7, 11) is 0. The Labute approximate surface area is 164 Å². The average molecular weight is 378 g/mol. The Bertz CT molecular complexity index is 590. The molecule has 0 aromatic heterocycles. The van der Waals surface area contributed by atoms with Crippen molar-refractivity contribution in [3.05, 3.63) is 0 Å². The molecule has 27 heavy (non-hydrogen) atoms. The first kappa shape index (κ1) is 19.8. The molecule has 4 rings (SSSR count). The number of aliphatic hydroxyl groups is 2. The maximum absolute atomic E-state index is 12.5. The smallest absolute Gasteiger partial charge is 0.150 e. The zero-order valence-corrected chi connectivity index (χ0v) is 17.3. The van der Waals surface area contributed by atoms with Gasteiger partial charge in [0.05, 0.1) is 12.1 Å². The number of hydrogen-bond acceptors (Lipinski definition) is 4. The maximum atomic E-state index is 12.5. The normalized spacial score (nSPS) is 52.0. The van der Waals surface area contributed by atoms with Crippen LogP contribution in [0.3, 0.4) is 0 Å².